The number of sulfonamides is 1. The first-order chi connectivity index (χ1) is 11.0. The summed E-state index contributed by atoms with van der Waals surface area (Å²) in [5, 5.41) is 0. The van der Waals surface area contributed by atoms with Crippen molar-refractivity contribution in [1.82, 2.24) is 4.72 Å². The predicted octanol–water partition coefficient (Wildman–Crippen LogP) is 3.00. The number of anilines is 1. The van der Waals surface area contributed by atoms with E-state index in [1.807, 2.05) is 62.5 Å². The first kappa shape index (κ1) is 16.0. The average molecular weight is 330 g/mol. The highest BCUT2D eigenvalue weighted by Crippen LogP contribution is 2.33. The van der Waals surface area contributed by atoms with Crippen molar-refractivity contribution in [3.8, 4) is 0 Å². The number of nitrogens with zero attached hydrogens (tertiary/aromatic N) is 1. The minimum absolute atomic E-state index is 0.0220. The molecule has 0 saturated heterocycles. The molecule has 1 heterocycles. The zero-order valence-electron chi connectivity index (χ0n) is 13.5. The third kappa shape index (κ3) is 3.57. The highest BCUT2D eigenvalue weighted by atomic mass is 32.2. The van der Waals surface area contributed by atoms with E-state index in [1.165, 1.54) is 0 Å². The minimum atomic E-state index is -3.39. The predicted molar refractivity (Wildman–Crippen MR) is 94.0 cm³/mol. The van der Waals surface area contributed by atoms with Gasteiger partial charge in [-0.2, -0.15) is 0 Å². The van der Waals surface area contributed by atoms with Crippen LogP contribution in [-0.4, -0.2) is 22.0 Å². The summed E-state index contributed by atoms with van der Waals surface area (Å²) in [5.41, 5.74) is 4.00. The van der Waals surface area contributed by atoms with Gasteiger partial charge in [-0.3, -0.25) is 0 Å². The van der Waals surface area contributed by atoms with Crippen LogP contribution in [0.5, 0.6) is 0 Å². The molecule has 4 nitrogen and oxygen atoms in total. The molecule has 0 aliphatic carbocycles. The van der Waals surface area contributed by atoms with E-state index < -0.39 is 10.0 Å². The second kappa shape index (κ2) is 6.34. The van der Waals surface area contributed by atoms with E-state index in [2.05, 4.69) is 9.62 Å². The van der Waals surface area contributed by atoms with Gasteiger partial charge >= 0.3 is 0 Å². The van der Waals surface area contributed by atoms with Crippen molar-refractivity contribution >= 4 is 15.7 Å². The molecule has 0 fully saturated rings. The standard InChI is InChI=1S/C18H22N2O2S/c1-14-7-3-4-8-15(14)13-23(21,22)19-17-11-12-20(2)18-10-6-5-9-16(17)18/h3-10,17,19H,11-13H2,1-2H3. The summed E-state index contributed by atoms with van der Waals surface area (Å²) in [7, 11) is -1.35. The number of hydrogen-bond donors (Lipinski definition) is 1. The van der Waals surface area contributed by atoms with Crippen LogP contribution in [0.25, 0.3) is 0 Å². The fourth-order valence-corrected chi connectivity index (χ4v) is 4.58. The van der Waals surface area contributed by atoms with Gasteiger partial charge in [0.1, 0.15) is 0 Å². The number of nitrogens with one attached hydrogen (secondary N) is 1. The maximum atomic E-state index is 12.6. The van der Waals surface area contributed by atoms with Gasteiger partial charge in [0.05, 0.1) is 11.8 Å². The van der Waals surface area contributed by atoms with Crippen molar-refractivity contribution in [1.29, 1.82) is 0 Å². The van der Waals surface area contributed by atoms with Gasteiger partial charge in [-0.15, -0.1) is 0 Å². The Morgan fingerprint density at radius 1 is 1.13 bits per heavy atom. The maximum absolute atomic E-state index is 12.6. The number of rotatable bonds is 4. The average Bonchev–Trinajstić information content (AvgIpc) is 2.52. The van der Waals surface area contributed by atoms with E-state index >= 15 is 0 Å². The summed E-state index contributed by atoms with van der Waals surface area (Å²) in [6.07, 6.45) is 0.778. The zero-order valence-corrected chi connectivity index (χ0v) is 14.3. The SMILES string of the molecule is Cc1ccccc1CS(=O)(=O)NC1CCN(C)c2ccccc21. The van der Waals surface area contributed by atoms with Gasteiger partial charge in [-0.05, 0) is 36.1 Å². The lowest BCUT2D eigenvalue weighted by molar-refractivity contribution is 0.528. The number of para-hydroxylation sites is 1. The van der Waals surface area contributed by atoms with Crippen LogP contribution in [0, 0.1) is 6.92 Å². The smallest absolute Gasteiger partial charge is 0.216 e. The number of fused-ring (bicyclic) bond motifs is 1. The molecule has 2 aromatic rings. The zero-order chi connectivity index (χ0) is 16.4. The van der Waals surface area contributed by atoms with Crippen LogP contribution >= 0.6 is 0 Å². The van der Waals surface area contributed by atoms with Crippen LogP contribution in [0.4, 0.5) is 5.69 Å². The van der Waals surface area contributed by atoms with Crippen LogP contribution in [-0.2, 0) is 15.8 Å². The minimum Gasteiger partial charge on any atom is -0.374 e. The van der Waals surface area contributed by atoms with Crippen molar-refractivity contribution in [3.05, 3.63) is 65.2 Å². The molecule has 2 aromatic carbocycles. The van der Waals surface area contributed by atoms with Gasteiger partial charge in [0.2, 0.25) is 10.0 Å². The summed E-state index contributed by atoms with van der Waals surface area (Å²) in [4.78, 5) is 2.17. The van der Waals surface area contributed by atoms with E-state index in [1.54, 1.807) is 0 Å². The third-order valence-corrected chi connectivity index (χ3v) is 5.74. The topological polar surface area (TPSA) is 49.4 Å². The van der Waals surface area contributed by atoms with Crippen LogP contribution < -0.4 is 9.62 Å². The van der Waals surface area contributed by atoms with Gasteiger partial charge in [-0.1, -0.05) is 42.5 Å². The Balaban J connectivity index is 1.82. The first-order valence-corrected chi connectivity index (χ1v) is 9.46. The lowest BCUT2D eigenvalue weighted by atomic mass is 9.98. The monoisotopic (exact) mass is 330 g/mol. The lowest BCUT2D eigenvalue weighted by Crippen LogP contribution is -2.36. The molecule has 1 aliphatic rings. The molecule has 0 aromatic heterocycles. The van der Waals surface area contributed by atoms with Gasteiger partial charge in [0, 0.05) is 19.3 Å². The Labute approximate surface area is 138 Å². The van der Waals surface area contributed by atoms with E-state index in [4.69, 9.17) is 0 Å². The highest BCUT2D eigenvalue weighted by Gasteiger charge is 2.26. The Bertz CT molecular complexity index is 802. The Morgan fingerprint density at radius 2 is 1.83 bits per heavy atom. The largest absolute Gasteiger partial charge is 0.374 e. The molecule has 1 N–H and O–H groups in total. The second-order valence-corrected chi connectivity index (χ2v) is 7.88. The summed E-state index contributed by atoms with van der Waals surface area (Å²) in [6.45, 7) is 2.78. The third-order valence-electron chi connectivity index (χ3n) is 4.41. The van der Waals surface area contributed by atoms with E-state index in [0.717, 1.165) is 35.3 Å². The van der Waals surface area contributed by atoms with Crippen molar-refractivity contribution in [3.63, 3.8) is 0 Å². The fourth-order valence-electron chi connectivity index (χ4n) is 3.09. The van der Waals surface area contributed by atoms with Crippen molar-refractivity contribution in [2.75, 3.05) is 18.5 Å². The highest BCUT2D eigenvalue weighted by molar-refractivity contribution is 7.88. The van der Waals surface area contributed by atoms with Crippen LogP contribution in [0.3, 0.4) is 0 Å². The van der Waals surface area contributed by atoms with Crippen molar-refractivity contribution in [2.24, 2.45) is 0 Å². The summed E-state index contributed by atoms with van der Waals surface area (Å²) in [5.74, 6) is 0.0220. The molecule has 23 heavy (non-hydrogen) atoms. The van der Waals surface area contributed by atoms with E-state index in [9.17, 15) is 8.42 Å². The van der Waals surface area contributed by atoms with Crippen LogP contribution in [0.1, 0.15) is 29.2 Å². The molecule has 0 amide bonds. The quantitative estimate of drug-likeness (QED) is 0.937. The summed E-state index contributed by atoms with van der Waals surface area (Å²) < 4.78 is 28.1. The second-order valence-electron chi connectivity index (χ2n) is 6.13. The molecular formula is C18H22N2O2S. The first-order valence-electron chi connectivity index (χ1n) is 7.81. The fraction of sp³-hybridized carbons (Fsp3) is 0.333. The normalized spacial score (nSPS) is 17.8. The molecule has 1 unspecified atom stereocenters. The lowest BCUT2D eigenvalue weighted by Gasteiger charge is -2.33. The number of aryl methyl sites for hydroxylation is 1. The molecule has 1 aliphatic heterocycles. The van der Waals surface area contributed by atoms with Crippen molar-refractivity contribution in [2.45, 2.75) is 25.1 Å². The molecule has 122 valence electrons. The molecule has 0 radical (unpaired) electrons. The maximum Gasteiger partial charge on any atom is 0.216 e. The van der Waals surface area contributed by atoms with Gasteiger partial charge in [0.15, 0.2) is 0 Å². The van der Waals surface area contributed by atoms with Gasteiger partial charge in [0.25, 0.3) is 0 Å². The Morgan fingerprint density at radius 3 is 2.61 bits per heavy atom. The van der Waals surface area contributed by atoms with E-state index in [-0.39, 0.29) is 11.8 Å². The summed E-state index contributed by atoms with van der Waals surface area (Å²) in [6, 6.07) is 15.4. The molecule has 0 bridgehead atoms. The number of hydrogen-bond acceptors (Lipinski definition) is 3. The molecule has 3 rings (SSSR count). The molecule has 0 saturated carbocycles. The molecule has 5 heteroatoms. The van der Waals surface area contributed by atoms with Crippen LogP contribution in [0.15, 0.2) is 48.5 Å². The van der Waals surface area contributed by atoms with Gasteiger partial charge in [-0.25, -0.2) is 13.1 Å². The van der Waals surface area contributed by atoms with E-state index in [0.29, 0.717) is 0 Å². The molecule has 1 atom stereocenters. The van der Waals surface area contributed by atoms with Crippen LogP contribution in [0.2, 0.25) is 0 Å². The Hall–Kier alpha value is -1.85. The van der Waals surface area contributed by atoms with Gasteiger partial charge < -0.3 is 4.90 Å². The number of benzene rings is 2. The molecular weight excluding hydrogens is 308 g/mol. The Kier molecular flexibility index (Phi) is 4.41. The molecule has 0 spiro atoms. The van der Waals surface area contributed by atoms with Crippen molar-refractivity contribution < 1.29 is 8.42 Å². The summed E-state index contributed by atoms with van der Waals surface area (Å²) >= 11 is 0.